The summed E-state index contributed by atoms with van der Waals surface area (Å²) in [6.45, 7) is 0. The van der Waals surface area contributed by atoms with Crippen LogP contribution >= 0.6 is 11.8 Å². The van der Waals surface area contributed by atoms with E-state index in [1.165, 1.54) is 6.07 Å². The number of Topliss-reactive ketones (excluding diaryl/α,β-unsaturated/α-hetero) is 1. The average molecular weight is 226 g/mol. The molecule has 78 valence electrons. The van der Waals surface area contributed by atoms with Gasteiger partial charge < -0.3 is 4.74 Å². The van der Waals surface area contributed by atoms with Crippen LogP contribution in [0.5, 0.6) is 0 Å². The first-order chi connectivity index (χ1) is 7.09. The first-order valence-corrected chi connectivity index (χ1v) is 5.01. The molecule has 0 spiro atoms. The molecule has 1 aliphatic rings. The Morgan fingerprint density at radius 3 is 2.73 bits per heavy atom. The molecule has 0 saturated heterocycles. The van der Waals surface area contributed by atoms with E-state index in [0.717, 1.165) is 7.11 Å². The van der Waals surface area contributed by atoms with E-state index >= 15 is 0 Å². The topological polar surface area (TPSA) is 43.4 Å². The van der Waals surface area contributed by atoms with E-state index in [1.54, 1.807) is 18.2 Å². The molecule has 0 aromatic heterocycles. The third-order valence-electron chi connectivity index (χ3n) is 2.12. The number of fused-ring (bicyclic) bond motifs is 1. The molecule has 0 fully saturated rings. The largest absolute Gasteiger partial charge is 0.466 e. The standard InChI is InChI=1S/C10H7FO3S/c1-14-9(13)10(11)8(12)6-4-2-3-5-7(6)15-10/h2-5H,1H3/t10-/m0/s1. The van der Waals surface area contributed by atoms with Gasteiger partial charge in [0.2, 0.25) is 5.78 Å². The van der Waals surface area contributed by atoms with Crippen LogP contribution in [0, 0.1) is 0 Å². The van der Waals surface area contributed by atoms with Gasteiger partial charge in [-0.15, -0.1) is 0 Å². The molecule has 0 bridgehead atoms. The van der Waals surface area contributed by atoms with Crippen molar-refractivity contribution in [3.63, 3.8) is 0 Å². The van der Waals surface area contributed by atoms with Gasteiger partial charge >= 0.3 is 11.0 Å². The number of alkyl halides is 1. The van der Waals surface area contributed by atoms with Crippen LogP contribution in [0.25, 0.3) is 0 Å². The number of thioether (sulfide) groups is 1. The summed E-state index contributed by atoms with van der Waals surface area (Å²) in [5.41, 5.74) is 0.232. The van der Waals surface area contributed by atoms with Crippen molar-refractivity contribution in [1.82, 2.24) is 0 Å². The third-order valence-corrected chi connectivity index (χ3v) is 3.33. The first-order valence-electron chi connectivity index (χ1n) is 4.20. The number of methoxy groups -OCH3 is 1. The zero-order chi connectivity index (χ0) is 11.1. The number of halogens is 1. The molecule has 3 nitrogen and oxygen atoms in total. The smallest absolute Gasteiger partial charge is 0.363 e. The second kappa shape index (κ2) is 3.34. The van der Waals surface area contributed by atoms with Crippen LogP contribution in [0.1, 0.15) is 10.4 Å². The second-order valence-electron chi connectivity index (χ2n) is 3.01. The summed E-state index contributed by atoms with van der Waals surface area (Å²) in [7, 11) is 1.06. The highest BCUT2D eigenvalue weighted by atomic mass is 32.2. The van der Waals surface area contributed by atoms with Crippen LogP contribution in [0.2, 0.25) is 0 Å². The monoisotopic (exact) mass is 226 g/mol. The predicted octanol–water partition coefficient (Wildman–Crippen LogP) is 1.81. The lowest BCUT2D eigenvalue weighted by Crippen LogP contribution is -2.36. The maximum absolute atomic E-state index is 14.0. The van der Waals surface area contributed by atoms with Crippen LogP contribution in [-0.4, -0.2) is 23.9 Å². The Hall–Kier alpha value is -1.36. The van der Waals surface area contributed by atoms with E-state index in [-0.39, 0.29) is 5.56 Å². The van der Waals surface area contributed by atoms with E-state index in [2.05, 4.69) is 4.74 Å². The molecule has 1 aromatic rings. The fourth-order valence-corrected chi connectivity index (χ4v) is 2.47. The van der Waals surface area contributed by atoms with Crippen molar-refractivity contribution in [3.8, 4) is 0 Å². The van der Waals surface area contributed by atoms with Crippen LogP contribution in [0.4, 0.5) is 4.39 Å². The van der Waals surface area contributed by atoms with Gasteiger partial charge in [-0.1, -0.05) is 30.0 Å². The minimum Gasteiger partial charge on any atom is -0.466 e. The molecule has 1 atom stereocenters. The fourth-order valence-electron chi connectivity index (χ4n) is 1.38. The van der Waals surface area contributed by atoms with Crippen LogP contribution in [-0.2, 0) is 9.53 Å². The summed E-state index contributed by atoms with van der Waals surface area (Å²) >= 11 is 0.589. The Morgan fingerprint density at radius 1 is 1.47 bits per heavy atom. The zero-order valence-corrected chi connectivity index (χ0v) is 8.64. The average Bonchev–Trinajstić information content (AvgIpc) is 2.52. The van der Waals surface area contributed by atoms with E-state index in [1.807, 2.05) is 0 Å². The number of carbonyl (C=O) groups excluding carboxylic acids is 2. The summed E-state index contributed by atoms with van der Waals surface area (Å²) in [5, 5.41) is -2.61. The Morgan fingerprint density at radius 2 is 2.13 bits per heavy atom. The number of ether oxygens (including phenoxy) is 1. The quantitative estimate of drug-likeness (QED) is 0.541. The molecule has 0 unspecified atom stereocenters. The van der Waals surface area contributed by atoms with E-state index in [4.69, 9.17) is 0 Å². The number of carbonyl (C=O) groups is 2. The van der Waals surface area contributed by atoms with Crippen molar-refractivity contribution < 1.29 is 18.7 Å². The minimum atomic E-state index is -2.61. The molecule has 5 heteroatoms. The molecule has 1 aliphatic heterocycles. The van der Waals surface area contributed by atoms with Gasteiger partial charge in [-0.3, -0.25) is 4.79 Å². The van der Waals surface area contributed by atoms with Crippen molar-refractivity contribution in [2.24, 2.45) is 0 Å². The normalized spacial score (nSPS) is 23.7. The van der Waals surface area contributed by atoms with E-state index in [9.17, 15) is 14.0 Å². The highest BCUT2D eigenvalue weighted by Crippen LogP contribution is 2.46. The highest BCUT2D eigenvalue weighted by molar-refractivity contribution is 8.02. The van der Waals surface area contributed by atoms with Gasteiger partial charge in [-0.05, 0) is 6.07 Å². The highest BCUT2D eigenvalue weighted by Gasteiger charge is 2.54. The first kappa shape index (κ1) is 10.2. The molecule has 0 saturated carbocycles. The maximum atomic E-state index is 14.0. The predicted molar refractivity (Wildman–Crippen MR) is 52.5 cm³/mol. The summed E-state index contributed by atoms with van der Waals surface area (Å²) in [5.74, 6) is -2.00. The molecule has 15 heavy (non-hydrogen) atoms. The van der Waals surface area contributed by atoms with Gasteiger partial charge in [0.1, 0.15) is 0 Å². The summed E-state index contributed by atoms with van der Waals surface area (Å²) in [4.78, 5) is 23.3. The number of rotatable bonds is 1. The number of benzene rings is 1. The lowest BCUT2D eigenvalue weighted by atomic mass is 10.1. The van der Waals surface area contributed by atoms with E-state index < -0.39 is 16.8 Å². The van der Waals surface area contributed by atoms with E-state index in [0.29, 0.717) is 16.7 Å². The number of esters is 1. The lowest BCUT2D eigenvalue weighted by molar-refractivity contribution is -0.146. The molecule has 0 aliphatic carbocycles. The van der Waals surface area contributed by atoms with Gasteiger partial charge in [0.05, 0.1) is 7.11 Å². The van der Waals surface area contributed by atoms with Crippen molar-refractivity contribution in [1.29, 1.82) is 0 Å². The fraction of sp³-hybridized carbons (Fsp3) is 0.200. The molecular formula is C10H7FO3S. The molecule has 0 N–H and O–H groups in total. The SMILES string of the molecule is COC(=O)[C@@]1(F)Sc2ccccc2C1=O. The van der Waals surface area contributed by atoms with Crippen LogP contribution < -0.4 is 0 Å². The van der Waals surface area contributed by atoms with Gasteiger partial charge in [-0.2, -0.15) is 0 Å². The Balaban J connectivity index is 2.47. The van der Waals surface area contributed by atoms with Crippen molar-refractivity contribution in [3.05, 3.63) is 29.8 Å². The molecule has 1 aromatic carbocycles. The molecule has 1 heterocycles. The van der Waals surface area contributed by atoms with Crippen molar-refractivity contribution in [2.45, 2.75) is 9.90 Å². The van der Waals surface area contributed by atoms with Gasteiger partial charge in [-0.25, -0.2) is 9.18 Å². The summed E-state index contributed by atoms with van der Waals surface area (Å²) in [6.07, 6.45) is 0. The van der Waals surface area contributed by atoms with Crippen molar-refractivity contribution >= 4 is 23.5 Å². The summed E-state index contributed by atoms with van der Waals surface area (Å²) in [6, 6.07) is 6.40. The Kier molecular flexibility index (Phi) is 2.26. The maximum Gasteiger partial charge on any atom is 0.363 e. The third kappa shape index (κ3) is 1.34. The molecule has 0 radical (unpaired) electrons. The molecule has 2 rings (SSSR count). The Bertz CT molecular complexity index is 446. The molecule has 0 amide bonds. The van der Waals surface area contributed by atoms with Crippen molar-refractivity contribution in [2.75, 3.05) is 7.11 Å². The number of ketones is 1. The Labute approximate surface area is 89.6 Å². The molecular weight excluding hydrogens is 219 g/mol. The zero-order valence-electron chi connectivity index (χ0n) is 7.82. The lowest BCUT2D eigenvalue weighted by Gasteiger charge is -2.12. The number of hydrogen-bond acceptors (Lipinski definition) is 4. The number of hydrogen-bond donors (Lipinski definition) is 0. The van der Waals surface area contributed by atoms with Crippen LogP contribution in [0.3, 0.4) is 0 Å². The summed E-state index contributed by atoms with van der Waals surface area (Å²) < 4.78 is 18.3. The minimum absolute atomic E-state index is 0.232. The second-order valence-corrected chi connectivity index (χ2v) is 4.22. The van der Waals surface area contributed by atoms with Gasteiger partial charge in [0, 0.05) is 10.5 Å². The van der Waals surface area contributed by atoms with Crippen LogP contribution in [0.15, 0.2) is 29.2 Å². The van der Waals surface area contributed by atoms with Gasteiger partial charge in [0.15, 0.2) is 0 Å². The van der Waals surface area contributed by atoms with Gasteiger partial charge in [0.25, 0.3) is 0 Å².